The maximum atomic E-state index is 11.8. The Bertz CT molecular complexity index is 1000. The molecule has 1 fully saturated rings. The molecule has 5 nitrogen and oxygen atoms in total. The Kier molecular flexibility index (Phi) is 6.40. The molecule has 1 aliphatic rings. The second-order valence-electron chi connectivity index (χ2n) is 8.45. The topological polar surface area (TPSA) is 72.6 Å². The number of aryl methyl sites for hydroxylation is 2. The minimum absolute atomic E-state index is 0.587. The molecule has 4 rings (SSSR count). The highest BCUT2D eigenvalue weighted by molar-refractivity contribution is 5.75. The number of aliphatic carboxylic acids is 1. The van der Waals surface area contributed by atoms with Gasteiger partial charge in [-0.05, 0) is 68.9 Å². The SMILES string of the molecule is Cc1oc(-c2ccccc2)nc1CCCOc1ccc(CC2(C(=O)O)CCCC2)cc1. The summed E-state index contributed by atoms with van der Waals surface area (Å²) in [5.41, 5.74) is 2.42. The second-order valence-corrected chi connectivity index (χ2v) is 8.45. The summed E-state index contributed by atoms with van der Waals surface area (Å²) in [6, 6.07) is 17.8. The minimum Gasteiger partial charge on any atom is -0.494 e. The molecule has 1 aromatic heterocycles. The van der Waals surface area contributed by atoms with E-state index in [4.69, 9.17) is 9.15 Å². The predicted octanol–water partition coefficient (Wildman–Crippen LogP) is 5.85. The highest BCUT2D eigenvalue weighted by Crippen LogP contribution is 2.41. The Morgan fingerprint density at radius 3 is 2.48 bits per heavy atom. The number of nitrogens with zero attached hydrogens (tertiary/aromatic N) is 1. The number of ether oxygens (including phenoxy) is 1. The van der Waals surface area contributed by atoms with E-state index in [0.717, 1.165) is 66.9 Å². The number of carboxylic acid groups (broad SMARTS) is 1. The zero-order valence-corrected chi connectivity index (χ0v) is 18.0. The third-order valence-corrected chi connectivity index (χ3v) is 6.22. The summed E-state index contributed by atoms with van der Waals surface area (Å²) >= 11 is 0. The predicted molar refractivity (Wildman–Crippen MR) is 119 cm³/mol. The van der Waals surface area contributed by atoms with E-state index in [9.17, 15) is 9.90 Å². The smallest absolute Gasteiger partial charge is 0.309 e. The second kappa shape index (κ2) is 9.38. The highest BCUT2D eigenvalue weighted by Gasteiger charge is 2.41. The van der Waals surface area contributed by atoms with Crippen molar-refractivity contribution in [3.8, 4) is 17.2 Å². The van der Waals surface area contributed by atoms with Crippen molar-refractivity contribution >= 4 is 5.97 Å². The van der Waals surface area contributed by atoms with Crippen molar-refractivity contribution in [3.05, 3.63) is 71.6 Å². The molecule has 0 spiro atoms. The molecular weight excluding hydrogens is 390 g/mol. The van der Waals surface area contributed by atoms with Gasteiger partial charge in [0.15, 0.2) is 0 Å². The maximum Gasteiger partial charge on any atom is 0.309 e. The van der Waals surface area contributed by atoms with Crippen molar-refractivity contribution < 1.29 is 19.1 Å². The van der Waals surface area contributed by atoms with Crippen LogP contribution in [-0.4, -0.2) is 22.7 Å². The molecule has 0 bridgehead atoms. The first-order valence-corrected chi connectivity index (χ1v) is 11.0. The molecule has 0 atom stereocenters. The van der Waals surface area contributed by atoms with Gasteiger partial charge in [-0.2, -0.15) is 0 Å². The number of hydrogen-bond acceptors (Lipinski definition) is 4. The number of hydrogen-bond donors (Lipinski definition) is 1. The van der Waals surface area contributed by atoms with Gasteiger partial charge in [-0.3, -0.25) is 4.79 Å². The van der Waals surface area contributed by atoms with Crippen LogP contribution in [0.2, 0.25) is 0 Å². The first-order valence-electron chi connectivity index (χ1n) is 11.0. The van der Waals surface area contributed by atoms with Crippen molar-refractivity contribution in [2.45, 2.75) is 51.9 Å². The molecule has 31 heavy (non-hydrogen) atoms. The number of benzene rings is 2. The average Bonchev–Trinajstić information content (AvgIpc) is 3.41. The molecule has 0 radical (unpaired) electrons. The summed E-state index contributed by atoms with van der Waals surface area (Å²) in [5, 5.41) is 9.67. The van der Waals surface area contributed by atoms with E-state index in [2.05, 4.69) is 4.98 Å². The van der Waals surface area contributed by atoms with Crippen LogP contribution in [0, 0.1) is 12.3 Å². The first-order chi connectivity index (χ1) is 15.1. The van der Waals surface area contributed by atoms with Crippen LogP contribution in [0.3, 0.4) is 0 Å². The number of rotatable bonds is 9. The van der Waals surface area contributed by atoms with E-state index in [0.29, 0.717) is 18.9 Å². The lowest BCUT2D eigenvalue weighted by Crippen LogP contribution is -2.30. The molecule has 0 amide bonds. The Hall–Kier alpha value is -3.08. The molecule has 3 aromatic rings. The summed E-state index contributed by atoms with van der Waals surface area (Å²) in [6.07, 6.45) is 5.78. The van der Waals surface area contributed by atoms with Gasteiger partial charge in [-0.15, -0.1) is 0 Å². The van der Waals surface area contributed by atoms with Crippen molar-refractivity contribution in [3.63, 3.8) is 0 Å². The van der Waals surface area contributed by atoms with Crippen LogP contribution in [0.4, 0.5) is 0 Å². The lowest BCUT2D eigenvalue weighted by molar-refractivity contribution is -0.148. The van der Waals surface area contributed by atoms with Crippen LogP contribution in [0.25, 0.3) is 11.5 Å². The fourth-order valence-corrected chi connectivity index (χ4v) is 4.41. The standard InChI is InChI=1S/C26H29NO4/c1-19-23(27-24(31-19)21-8-3-2-4-9-21)10-7-17-30-22-13-11-20(12-14-22)18-26(25(28)29)15-5-6-16-26/h2-4,8-9,11-14H,5-7,10,15-18H2,1H3,(H,28,29). The zero-order valence-electron chi connectivity index (χ0n) is 18.0. The van der Waals surface area contributed by atoms with Gasteiger partial charge < -0.3 is 14.3 Å². The molecule has 0 aliphatic heterocycles. The molecule has 0 saturated heterocycles. The molecule has 5 heteroatoms. The quantitative estimate of drug-likeness (QED) is 0.441. The van der Waals surface area contributed by atoms with Crippen LogP contribution in [0.5, 0.6) is 5.75 Å². The molecule has 1 aliphatic carbocycles. The summed E-state index contributed by atoms with van der Waals surface area (Å²) in [5.74, 6) is 1.65. The number of oxazole rings is 1. The summed E-state index contributed by atoms with van der Waals surface area (Å²) in [6.45, 7) is 2.54. The van der Waals surface area contributed by atoms with Crippen LogP contribution < -0.4 is 4.74 Å². The van der Waals surface area contributed by atoms with Crippen molar-refractivity contribution in [2.24, 2.45) is 5.41 Å². The fraction of sp³-hybridized carbons (Fsp3) is 0.385. The van der Waals surface area contributed by atoms with E-state index >= 15 is 0 Å². The van der Waals surface area contributed by atoms with Gasteiger partial charge >= 0.3 is 5.97 Å². The largest absolute Gasteiger partial charge is 0.494 e. The lowest BCUT2D eigenvalue weighted by Gasteiger charge is -2.23. The van der Waals surface area contributed by atoms with Crippen LogP contribution >= 0.6 is 0 Å². The van der Waals surface area contributed by atoms with Crippen molar-refractivity contribution in [1.29, 1.82) is 0 Å². The number of carbonyl (C=O) groups is 1. The van der Waals surface area contributed by atoms with Crippen LogP contribution in [0.1, 0.15) is 49.1 Å². The Balaban J connectivity index is 1.27. The Morgan fingerprint density at radius 2 is 1.81 bits per heavy atom. The molecule has 162 valence electrons. The lowest BCUT2D eigenvalue weighted by atomic mass is 9.80. The van der Waals surface area contributed by atoms with Gasteiger partial charge in [0.2, 0.25) is 5.89 Å². The monoisotopic (exact) mass is 419 g/mol. The summed E-state index contributed by atoms with van der Waals surface area (Å²) in [4.78, 5) is 16.4. The fourth-order valence-electron chi connectivity index (χ4n) is 4.41. The van der Waals surface area contributed by atoms with E-state index in [1.165, 1.54) is 0 Å². The normalized spacial score (nSPS) is 15.1. The van der Waals surface area contributed by atoms with Gasteiger partial charge in [0.25, 0.3) is 0 Å². The van der Waals surface area contributed by atoms with Gasteiger partial charge in [-0.1, -0.05) is 43.2 Å². The van der Waals surface area contributed by atoms with E-state index in [1.54, 1.807) is 0 Å². The van der Waals surface area contributed by atoms with Crippen LogP contribution in [0.15, 0.2) is 59.0 Å². The van der Waals surface area contributed by atoms with Crippen LogP contribution in [-0.2, 0) is 17.6 Å². The van der Waals surface area contributed by atoms with E-state index in [1.807, 2.05) is 61.5 Å². The molecule has 0 unspecified atom stereocenters. The zero-order chi connectivity index (χ0) is 21.7. The van der Waals surface area contributed by atoms with Gasteiger partial charge in [-0.25, -0.2) is 4.98 Å². The summed E-state index contributed by atoms with van der Waals surface area (Å²) < 4.78 is 11.7. The Morgan fingerprint density at radius 1 is 1.10 bits per heavy atom. The maximum absolute atomic E-state index is 11.8. The molecule has 1 N–H and O–H groups in total. The number of carboxylic acids is 1. The van der Waals surface area contributed by atoms with E-state index < -0.39 is 11.4 Å². The molecule has 2 aromatic carbocycles. The first kappa shape index (κ1) is 21.2. The highest BCUT2D eigenvalue weighted by atomic mass is 16.5. The van der Waals surface area contributed by atoms with Gasteiger partial charge in [0.05, 0.1) is 17.7 Å². The molecular formula is C26H29NO4. The average molecular weight is 420 g/mol. The third kappa shape index (κ3) is 4.98. The van der Waals surface area contributed by atoms with Crippen molar-refractivity contribution in [2.75, 3.05) is 6.61 Å². The molecule has 1 saturated carbocycles. The minimum atomic E-state index is -0.663. The third-order valence-electron chi connectivity index (χ3n) is 6.22. The number of aromatic nitrogens is 1. The van der Waals surface area contributed by atoms with Gasteiger partial charge in [0.1, 0.15) is 11.5 Å². The van der Waals surface area contributed by atoms with E-state index in [-0.39, 0.29) is 0 Å². The molecule has 1 heterocycles. The summed E-state index contributed by atoms with van der Waals surface area (Å²) in [7, 11) is 0. The van der Waals surface area contributed by atoms with Gasteiger partial charge in [0, 0.05) is 5.56 Å². The van der Waals surface area contributed by atoms with Crippen molar-refractivity contribution in [1.82, 2.24) is 4.98 Å². The Labute approximate surface area is 183 Å².